The zero-order valence-corrected chi connectivity index (χ0v) is 5.14. The molecule has 0 atom stereocenters. The van der Waals surface area contributed by atoms with Gasteiger partial charge in [0.25, 0.3) is 0 Å². The van der Waals surface area contributed by atoms with E-state index in [1.807, 2.05) is 0 Å². The zero-order valence-electron chi connectivity index (χ0n) is 2.11. The van der Waals surface area contributed by atoms with Crippen molar-refractivity contribution in [1.29, 1.82) is 0 Å². The second-order valence-corrected chi connectivity index (χ2v) is 0. The molecule has 0 fully saturated rings. The van der Waals surface area contributed by atoms with Crippen LogP contribution in [0.1, 0.15) is 0 Å². The Morgan fingerprint density at radius 1 is 1.25 bits per heavy atom. The Bertz CT molecular complexity index is 6.00. The maximum absolute atomic E-state index is 4.61. The molecular weight excluding hydrogens is 255 g/mol. The van der Waals surface area contributed by atoms with E-state index in [-0.39, 0.29) is 0 Å². The Morgan fingerprint density at radius 2 is 1.25 bits per heavy atom. The Balaban J connectivity index is 0. The molecule has 0 aromatic carbocycles. The van der Waals surface area contributed by atoms with E-state index in [4.69, 9.17) is 0 Å². The van der Waals surface area contributed by atoms with E-state index < -0.39 is 0 Å². The van der Waals surface area contributed by atoms with Gasteiger partial charge in [-0.2, -0.15) is 0 Å². The molecule has 0 heterocycles. The molecule has 0 bridgehead atoms. The summed E-state index contributed by atoms with van der Waals surface area (Å²) in [7, 11) is 4.61. The van der Waals surface area contributed by atoms with Crippen LogP contribution in [-0.4, -0.2) is 0 Å². The molecule has 0 amide bonds. The summed E-state index contributed by atoms with van der Waals surface area (Å²) in [6.07, 6.45) is 0. The van der Waals surface area contributed by atoms with E-state index in [1.165, 1.54) is 0 Å². The van der Waals surface area contributed by atoms with E-state index in [0.717, 1.165) is 0 Å². The van der Waals surface area contributed by atoms with Gasteiger partial charge in [-0.3, -0.25) is 0 Å². The van der Waals surface area contributed by atoms with E-state index in [9.17, 15) is 0 Å². The van der Waals surface area contributed by atoms with Gasteiger partial charge in [0.15, 0.2) is 0 Å². The molecule has 0 aliphatic carbocycles. The Morgan fingerprint density at radius 3 is 1.25 bits per heavy atom. The molecular formula is C2H4ClPt. The van der Waals surface area contributed by atoms with Crippen LogP contribution in [0, 0.1) is 0 Å². The molecule has 2 heteroatoms. The molecule has 0 unspecified atom stereocenters. The summed E-state index contributed by atoms with van der Waals surface area (Å²) in [6.45, 7) is 6.00. The van der Waals surface area contributed by atoms with Crippen molar-refractivity contribution < 1.29 is 18.8 Å². The van der Waals surface area contributed by atoms with Gasteiger partial charge >= 0.3 is 28.2 Å². The summed E-state index contributed by atoms with van der Waals surface area (Å²) in [5, 5.41) is 0. The third-order valence-electron chi connectivity index (χ3n) is 0. The van der Waals surface area contributed by atoms with Gasteiger partial charge in [0.2, 0.25) is 0 Å². The van der Waals surface area contributed by atoms with Gasteiger partial charge in [0, 0.05) is 0 Å². The van der Waals surface area contributed by atoms with Crippen LogP contribution in [-0.2, 0) is 18.8 Å². The molecule has 29 valence electrons. The second kappa shape index (κ2) is 53.2. The van der Waals surface area contributed by atoms with Gasteiger partial charge < -0.3 is 0 Å². The van der Waals surface area contributed by atoms with Crippen LogP contribution < -0.4 is 0 Å². The van der Waals surface area contributed by atoms with Crippen molar-refractivity contribution in [1.82, 2.24) is 0 Å². The van der Waals surface area contributed by atoms with Gasteiger partial charge in [-0.05, 0) is 0 Å². The Kier molecular flexibility index (Phi) is 118. The molecule has 0 aliphatic heterocycles. The first-order valence-electron chi connectivity index (χ1n) is 0.620. The first-order valence-corrected chi connectivity index (χ1v) is 3.44. The third-order valence-corrected chi connectivity index (χ3v) is 0. The van der Waals surface area contributed by atoms with Crippen LogP contribution in [0.3, 0.4) is 0 Å². The Hall–Kier alpha value is 0.718. The van der Waals surface area contributed by atoms with E-state index in [2.05, 4.69) is 22.6 Å². The fraction of sp³-hybridized carbons (Fsp3) is 0. The predicted molar refractivity (Wildman–Crippen MR) is 17.1 cm³/mol. The minimum atomic E-state index is 1.61. The topological polar surface area (TPSA) is 0 Å². The average molecular weight is 259 g/mol. The fourth-order valence-corrected chi connectivity index (χ4v) is 0. The maximum atomic E-state index is 4.61. The first-order chi connectivity index (χ1) is 2.00. The van der Waals surface area contributed by atoms with Crippen LogP contribution in [0.15, 0.2) is 13.2 Å². The zero-order chi connectivity index (χ0) is 4.00. The van der Waals surface area contributed by atoms with Crippen LogP contribution in [0.5, 0.6) is 0 Å². The van der Waals surface area contributed by atoms with Gasteiger partial charge in [-0.25, -0.2) is 0 Å². The quantitative estimate of drug-likeness (QED) is 0.578. The summed E-state index contributed by atoms with van der Waals surface area (Å²) in [4.78, 5) is 0. The minimum absolute atomic E-state index is 1.61. The van der Waals surface area contributed by atoms with E-state index in [0.29, 0.717) is 0 Å². The molecule has 0 N–H and O–H groups in total. The molecule has 0 aliphatic rings. The van der Waals surface area contributed by atoms with Crippen LogP contribution in [0.4, 0.5) is 0 Å². The van der Waals surface area contributed by atoms with Crippen molar-refractivity contribution in [3.8, 4) is 0 Å². The summed E-state index contributed by atoms with van der Waals surface area (Å²) < 4.78 is 0. The van der Waals surface area contributed by atoms with Gasteiger partial charge in [-0.1, -0.05) is 0 Å². The number of hydrogen-bond acceptors (Lipinski definition) is 0. The molecule has 0 saturated heterocycles. The molecule has 4 heavy (non-hydrogen) atoms. The molecule has 0 nitrogen and oxygen atoms in total. The summed E-state index contributed by atoms with van der Waals surface area (Å²) in [5.74, 6) is 0. The van der Waals surface area contributed by atoms with E-state index in [1.54, 1.807) is 18.8 Å². The van der Waals surface area contributed by atoms with Crippen molar-refractivity contribution >= 4 is 9.42 Å². The predicted octanol–water partition coefficient (Wildman–Crippen LogP) is 1.49. The number of rotatable bonds is 0. The van der Waals surface area contributed by atoms with Gasteiger partial charge in [-0.15, -0.1) is 13.2 Å². The number of hydrogen-bond donors (Lipinski definition) is 0. The SMILES string of the molecule is C=C.[Cl][Pt]. The van der Waals surface area contributed by atoms with Gasteiger partial charge in [0.1, 0.15) is 0 Å². The average Bonchev–Trinajstić information content (AvgIpc) is 1.50. The van der Waals surface area contributed by atoms with Crippen LogP contribution >= 0.6 is 9.42 Å². The standard InChI is InChI=1S/C2H4.ClH.Pt/c1-2;;/h1-2H2;1H;/q;;+1/p-1. The summed E-state index contributed by atoms with van der Waals surface area (Å²) in [5.41, 5.74) is 0. The monoisotopic (exact) mass is 258 g/mol. The molecule has 0 saturated carbocycles. The van der Waals surface area contributed by atoms with Crippen LogP contribution in [0.25, 0.3) is 0 Å². The molecule has 0 aromatic heterocycles. The number of halogens is 1. The van der Waals surface area contributed by atoms with Gasteiger partial charge in [0.05, 0.1) is 0 Å². The molecule has 0 radical (unpaired) electrons. The molecule has 0 aromatic rings. The third kappa shape index (κ3) is 15.6. The van der Waals surface area contributed by atoms with E-state index >= 15 is 0 Å². The molecule has 0 spiro atoms. The van der Waals surface area contributed by atoms with Crippen molar-refractivity contribution in [3.05, 3.63) is 13.2 Å². The summed E-state index contributed by atoms with van der Waals surface area (Å²) >= 11 is 1.61. The Labute approximate surface area is 41.7 Å². The van der Waals surface area contributed by atoms with Crippen molar-refractivity contribution in [2.45, 2.75) is 0 Å². The van der Waals surface area contributed by atoms with Crippen molar-refractivity contribution in [3.63, 3.8) is 0 Å². The van der Waals surface area contributed by atoms with Crippen molar-refractivity contribution in [2.24, 2.45) is 0 Å². The molecule has 0 rings (SSSR count). The summed E-state index contributed by atoms with van der Waals surface area (Å²) in [6, 6.07) is 0. The first kappa shape index (κ1) is 8.83. The van der Waals surface area contributed by atoms with Crippen molar-refractivity contribution in [2.75, 3.05) is 0 Å². The fourth-order valence-electron chi connectivity index (χ4n) is 0. The second-order valence-electron chi connectivity index (χ2n) is 0. The normalized spacial score (nSPS) is 2.75. The van der Waals surface area contributed by atoms with Crippen LogP contribution in [0.2, 0.25) is 0 Å².